The molecule has 0 bridgehead atoms. The number of benzene rings is 4. The van der Waals surface area contributed by atoms with E-state index in [4.69, 9.17) is 30.5 Å². The van der Waals surface area contributed by atoms with Crippen LogP contribution in [0.15, 0.2) is 103 Å². The molecule has 2 aliphatic heterocycles. The van der Waals surface area contributed by atoms with Gasteiger partial charge in [-0.3, -0.25) is 24.0 Å². The van der Waals surface area contributed by atoms with E-state index in [1.807, 2.05) is 88.4 Å². The van der Waals surface area contributed by atoms with Gasteiger partial charge in [0, 0.05) is 37.8 Å². The number of carbonyl (C=O) groups excluding carboxylic acids is 7. The second-order valence-electron chi connectivity index (χ2n) is 23.0. The van der Waals surface area contributed by atoms with Gasteiger partial charge in [-0.25, -0.2) is 9.59 Å². The molecule has 1 aliphatic carbocycles. The van der Waals surface area contributed by atoms with E-state index in [0.29, 0.717) is 16.3 Å². The maximum Gasteiger partial charge on any atom is 0.407 e. The molecule has 6 amide bonds. The molecule has 79 heavy (non-hydrogen) atoms. The number of esters is 1. The van der Waals surface area contributed by atoms with Gasteiger partial charge in [0.25, 0.3) is 0 Å². The lowest BCUT2D eigenvalue weighted by molar-refractivity contribution is -0.157. The van der Waals surface area contributed by atoms with Gasteiger partial charge in [0.2, 0.25) is 29.5 Å². The lowest BCUT2D eigenvalue weighted by Crippen LogP contribution is -2.54. The van der Waals surface area contributed by atoms with E-state index in [1.54, 1.807) is 58.9 Å². The van der Waals surface area contributed by atoms with Crippen LogP contribution in [0.3, 0.4) is 0 Å². The fourth-order valence-corrected chi connectivity index (χ4v) is 10.2. The lowest BCUT2D eigenvalue weighted by Gasteiger charge is -2.32. The third kappa shape index (κ3) is 15.5. The fourth-order valence-electron chi connectivity index (χ4n) is 9.92. The van der Waals surface area contributed by atoms with Crippen molar-refractivity contribution >= 4 is 53.2 Å². The Hall–Kier alpha value is -7.24. The van der Waals surface area contributed by atoms with Crippen LogP contribution in [-0.4, -0.2) is 98.2 Å². The summed E-state index contributed by atoms with van der Waals surface area (Å²) in [5.41, 5.74) is 5.09. The summed E-state index contributed by atoms with van der Waals surface area (Å²) in [6.07, 6.45) is 1.12. The molecular formula is C61H75ClN6O11. The van der Waals surface area contributed by atoms with E-state index in [-0.39, 0.29) is 68.9 Å². The van der Waals surface area contributed by atoms with Gasteiger partial charge >= 0.3 is 12.1 Å². The van der Waals surface area contributed by atoms with Gasteiger partial charge in [0.1, 0.15) is 48.7 Å². The average molecular weight is 1100 g/mol. The molecule has 0 unspecified atom stereocenters. The van der Waals surface area contributed by atoms with Crippen molar-refractivity contribution in [2.45, 2.75) is 137 Å². The van der Waals surface area contributed by atoms with Crippen molar-refractivity contribution in [3.63, 3.8) is 0 Å². The molecule has 7 rings (SSSR count). The maximum absolute atomic E-state index is 14.2. The number of hydrogen-bond acceptors (Lipinski definition) is 11. The normalized spacial score (nSPS) is 22.1. The summed E-state index contributed by atoms with van der Waals surface area (Å²) in [6.45, 7) is 16.4. The van der Waals surface area contributed by atoms with Crippen molar-refractivity contribution in [2.24, 2.45) is 22.7 Å². The molecule has 0 aromatic heterocycles. The van der Waals surface area contributed by atoms with Crippen molar-refractivity contribution in [3.8, 4) is 16.9 Å². The maximum atomic E-state index is 14.2. The quantitative estimate of drug-likeness (QED) is 0.0469. The van der Waals surface area contributed by atoms with Crippen molar-refractivity contribution in [2.75, 3.05) is 20.3 Å². The van der Waals surface area contributed by atoms with Gasteiger partial charge in [-0.2, -0.15) is 0 Å². The second kappa shape index (κ2) is 25.7. The van der Waals surface area contributed by atoms with Crippen LogP contribution in [0.1, 0.15) is 115 Å². The van der Waals surface area contributed by atoms with Gasteiger partial charge < -0.3 is 50.8 Å². The smallest absolute Gasteiger partial charge is 0.407 e. The number of ether oxygens (including phenoxy) is 4. The molecule has 17 nitrogen and oxygen atoms in total. The summed E-state index contributed by atoms with van der Waals surface area (Å²) in [7, 11) is 1.50. The molecule has 2 heterocycles. The largest absolute Gasteiger partial charge is 0.495 e. The Morgan fingerprint density at radius 2 is 1.47 bits per heavy atom. The van der Waals surface area contributed by atoms with Crippen molar-refractivity contribution in [3.05, 3.63) is 136 Å². The van der Waals surface area contributed by atoms with E-state index in [2.05, 4.69) is 44.0 Å². The summed E-state index contributed by atoms with van der Waals surface area (Å²) in [5.74, 6) is -3.49. The predicted octanol–water partition coefficient (Wildman–Crippen LogP) is 7.77. The highest BCUT2D eigenvalue weighted by atomic mass is 35.5. The van der Waals surface area contributed by atoms with Crippen LogP contribution >= 0.6 is 11.6 Å². The summed E-state index contributed by atoms with van der Waals surface area (Å²) in [4.78, 5) is 95.2. The molecule has 0 saturated carbocycles. The number of rotatable bonds is 16. The molecule has 0 spiro atoms. The third-order valence-corrected chi connectivity index (χ3v) is 14.9. The van der Waals surface area contributed by atoms with E-state index < -0.39 is 82.7 Å². The van der Waals surface area contributed by atoms with Crippen LogP contribution in [-0.2, 0) is 55.9 Å². The number of nitrogens with one attached hydrogen (secondary N) is 6. The number of methoxy groups -OCH3 is 1. The van der Waals surface area contributed by atoms with Crippen molar-refractivity contribution in [1.29, 1.82) is 0 Å². The fraction of sp³-hybridized carbons (Fsp3) is 0.459. The molecule has 0 radical (unpaired) electrons. The van der Waals surface area contributed by atoms with Gasteiger partial charge in [-0.1, -0.05) is 138 Å². The van der Waals surface area contributed by atoms with Gasteiger partial charge in [0.05, 0.1) is 23.7 Å². The SMILES string of the molecule is COc1ccc(C[C@H]2NC(=O)/C=C\C[C@@H]([C@H](C)[C@H]3O[C@@H]3c3ccc(CNC(=O)[C@H](C)NC(=O)[C@@H](NC(=O)OCC4c5ccccc5-c5ccccc54)C(C)C)cc3)OC(=O)[C@H](CC(C)(C)C)NC(=O)C(C)(C)CNC2=O)cc1Cl. The zero-order chi connectivity index (χ0) is 57.3. The average Bonchev–Trinajstić information content (AvgIpc) is 4.34. The number of epoxide rings is 1. The van der Waals surface area contributed by atoms with E-state index in [1.165, 1.54) is 13.2 Å². The minimum atomic E-state index is -1.17. The lowest BCUT2D eigenvalue weighted by atomic mass is 9.86. The highest BCUT2D eigenvalue weighted by Crippen LogP contribution is 2.46. The van der Waals surface area contributed by atoms with Crippen molar-refractivity contribution in [1.82, 2.24) is 31.9 Å². The molecule has 1 saturated heterocycles. The summed E-state index contributed by atoms with van der Waals surface area (Å²) in [5, 5.41) is 17.2. The highest BCUT2D eigenvalue weighted by molar-refractivity contribution is 6.32. The molecule has 4 aromatic carbocycles. The Morgan fingerprint density at radius 1 is 0.823 bits per heavy atom. The molecule has 4 aromatic rings. The number of cyclic esters (lactones) is 1. The van der Waals surface area contributed by atoms with E-state index in [0.717, 1.165) is 33.4 Å². The minimum absolute atomic E-state index is 0.0917. The number of hydrogen-bond donors (Lipinski definition) is 6. The Kier molecular flexibility index (Phi) is 19.3. The monoisotopic (exact) mass is 1100 g/mol. The van der Waals surface area contributed by atoms with Crippen LogP contribution in [0.25, 0.3) is 11.1 Å². The van der Waals surface area contributed by atoms with E-state index >= 15 is 0 Å². The first kappa shape index (κ1) is 59.4. The number of halogens is 1. The number of alkyl carbamates (subject to hydrolysis) is 1. The zero-order valence-electron chi connectivity index (χ0n) is 46.7. The van der Waals surface area contributed by atoms with Crippen LogP contribution < -0.4 is 36.6 Å². The number of fused-ring (bicyclic) bond motifs is 3. The standard InChI is InChI=1S/C61H75ClN6O11/c1-34(2)51(68-59(75)77-32-44-42-18-13-11-16-40(42)41-17-12-14-19-43(41)44)56(72)65-36(4)54(70)63-31-37-22-25-39(26-23-37)53-52(79-53)35(3)48-20-15-21-50(69)66-46(29-38-24-27-49(76-10)45(62)28-38)55(71)64-33-61(8,9)58(74)67-47(57(73)78-48)30-60(5,6)7/h11-19,21-28,34-36,44,46-48,51-53H,20,29-33H2,1-10H3,(H,63,70)(H,64,71)(H,65,72)(H,66,69)(H,67,74)(H,68,75)/b21-15-/t35-,36-,46+,47-,48-,51-,52+,53+/m0/s1. The Labute approximate surface area is 468 Å². The zero-order valence-corrected chi connectivity index (χ0v) is 47.5. The van der Waals surface area contributed by atoms with Crippen LogP contribution in [0.2, 0.25) is 5.02 Å². The minimum Gasteiger partial charge on any atom is -0.495 e. The second-order valence-corrected chi connectivity index (χ2v) is 23.4. The molecular weight excluding hydrogens is 1030 g/mol. The first-order valence-corrected chi connectivity index (χ1v) is 27.3. The predicted molar refractivity (Wildman–Crippen MR) is 300 cm³/mol. The number of amides is 6. The van der Waals surface area contributed by atoms with Crippen molar-refractivity contribution < 1.29 is 52.5 Å². The summed E-state index contributed by atoms with van der Waals surface area (Å²) < 4.78 is 23.5. The molecule has 8 atom stereocenters. The Bertz CT molecular complexity index is 2870. The molecule has 3 aliphatic rings. The summed E-state index contributed by atoms with van der Waals surface area (Å²) in [6, 6.07) is 24.7. The van der Waals surface area contributed by atoms with Crippen LogP contribution in [0.4, 0.5) is 4.79 Å². The van der Waals surface area contributed by atoms with Gasteiger partial charge in [-0.05, 0) is 95.7 Å². The first-order valence-electron chi connectivity index (χ1n) is 27.0. The Balaban J connectivity index is 0.950. The molecule has 18 heteroatoms. The summed E-state index contributed by atoms with van der Waals surface area (Å²) >= 11 is 6.40. The number of carbonyl (C=O) groups is 7. The van der Waals surface area contributed by atoms with Crippen LogP contribution in [0.5, 0.6) is 5.75 Å². The highest BCUT2D eigenvalue weighted by Gasteiger charge is 2.48. The van der Waals surface area contributed by atoms with Crippen LogP contribution in [0, 0.1) is 22.7 Å². The molecule has 1 fully saturated rings. The first-order chi connectivity index (χ1) is 37.4. The van der Waals surface area contributed by atoms with E-state index in [9.17, 15) is 33.6 Å². The van der Waals surface area contributed by atoms with Gasteiger partial charge in [0.15, 0.2) is 0 Å². The third-order valence-electron chi connectivity index (χ3n) is 14.6. The Morgan fingerprint density at radius 3 is 2.09 bits per heavy atom. The molecule has 422 valence electrons. The molecule has 6 N–H and O–H groups in total. The van der Waals surface area contributed by atoms with Gasteiger partial charge in [-0.15, -0.1) is 0 Å². The topological polar surface area (TPSA) is 232 Å².